The van der Waals surface area contributed by atoms with Crippen LogP contribution in [-0.2, 0) is 4.79 Å². The third-order valence-corrected chi connectivity index (χ3v) is 3.18. The van der Waals surface area contributed by atoms with Gasteiger partial charge in [-0.25, -0.2) is 0 Å². The number of pyridine rings is 1. The Labute approximate surface area is 111 Å². The van der Waals surface area contributed by atoms with Crippen molar-refractivity contribution in [2.24, 2.45) is 5.73 Å². The van der Waals surface area contributed by atoms with Crippen LogP contribution in [0.1, 0.15) is 5.56 Å². The van der Waals surface area contributed by atoms with Gasteiger partial charge < -0.3 is 10.6 Å². The second kappa shape index (κ2) is 4.57. The monoisotopic (exact) mass is 251 g/mol. The minimum Gasteiger partial charge on any atom is -0.366 e. The number of rotatable bonds is 2. The highest BCUT2D eigenvalue weighted by atomic mass is 16.1. The van der Waals surface area contributed by atoms with Gasteiger partial charge in [-0.1, -0.05) is 18.2 Å². The molecule has 2 aromatic rings. The Hall–Kier alpha value is -2.62. The number of nitrogens with two attached hydrogens (primary N) is 1. The van der Waals surface area contributed by atoms with Crippen LogP contribution in [0.25, 0.3) is 6.08 Å². The molecule has 1 aromatic heterocycles. The van der Waals surface area contributed by atoms with Crippen molar-refractivity contribution in [1.29, 1.82) is 0 Å². The number of hydrogen-bond donors (Lipinski definition) is 1. The van der Waals surface area contributed by atoms with E-state index in [0.29, 0.717) is 12.1 Å². The molecule has 94 valence electrons. The summed E-state index contributed by atoms with van der Waals surface area (Å²) in [4.78, 5) is 17.5. The highest BCUT2D eigenvalue weighted by molar-refractivity contribution is 6.00. The Morgan fingerprint density at radius 3 is 2.63 bits per heavy atom. The predicted octanol–water partition coefficient (Wildman–Crippen LogP) is 2.10. The summed E-state index contributed by atoms with van der Waals surface area (Å²) in [6.07, 6.45) is 5.33. The average Bonchev–Trinajstić information content (AvgIpc) is 2.47. The maximum absolute atomic E-state index is 11.5. The summed E-state index contributed by atoms with van der Waals surface area (Å²) in [7, 11) is 0. The van der Waals surface area contributed by atoms with E-state index < -0.39 is 0 Å². The Morgan fingerprint density at radius 2 is 1.89 bits per heavy atom. The van der Waals surface area contributed by atoms with Crippen LogP contribution in [0.4, 0.5) is 11.4 Å². The van der Waals surface area contributed by atoms with Crippen LogP contribution in [0.2, 0.25) is 0 Å². The zero-order valence-electron chi connectivity index (χ0n) is 10.3. The highest BCUT2D eigenvalue weighted by Gasteiger charge is 2.21. The first-order chi connectivity index (χ1) is 9.25. The summed E-state index contributed by atoms with van der Waals surface area (Å²) < 4.78 is 0. The molecule has 1 amide bonds. The number of anilines is 2. The lowest BCUT2D eigenvalue weighted by Crippen LogP contribution is -2.29. The van der Waals surface area contributed by atoms with Crippen molar-refractivity contribution in [3.8, 4) is 0 Å². The van der Waals surface area contributed by atoms with Crippen molar-refractivity contribution in [2.75, 3.05) is 11.4 Å². The molecule has 3 rings (SSSR count). The second-order valence-electron chi connectivity index (χ2n) is 4.38. The molecule has 4 heteroatoms. The number of nitrogens with zero attached hydrogens (tertiary/aromatic N) is 2. The molecular formula is C15H13N3O. The van der Waals surface area contributed by atoms with Crippen LogP contribution in [0.15, 0.2) is 54.4 Å². The van der Waals surface area contributed by atoms with E-state index in [2.05, 4.69) is 9.88 Å². The SMILES string of the molecule is NC(=O)C1=Cc2ccccc2N(c2ccncc2)C1. The number of primary amides is 1. The summed E-state index contributed by atoms with van der Waals surface area (Å²) in [6, 6.07) is 11.8. The van der Waals surface area contributed by atoms with E-state index in [4.69, 9.17) is 5.73 Å². The molecule has 0 unspecified atom stereocenters. The molecule has 1 aliphatic rings. The minimum absolute atomic E-state index is 0.381. The first-order valence-corrected chi connectivity index (χ1v) is 6.02. The van der Waals surface area contributed by atoms with Gasteiger partial charge in [-0.3, -0.25) is 9.78 Å². The van der Waals surface area contributed by atoms with Gasteiger partial charge in [-0.05, 0) is 29.8 Å². The van der Waals surface area contributed by atoms with Crippen molar-refractivity contribution < 1.29 is 4.79 Å². The molecular weight excluding hydrogens is 238 g/mol. The van der Waals surface area contributed by atoms with E-state index in [1.807, 2.05) is 42.5 Å². The highest BCUT2D eigenvalue weighted by Crippen LogP contribution is 2.33. The zero-order valence-corrected chi connectivity index (χ0v) is 10.3. The molecule has 2 heterocycles. The first kappa shape index (κ1) is 11.5. The van der Waals surface area contributed by atoms with Gasteiger partial charge in [0.15, 0.2) is 0 Å². The molecule has 0 radical (unpaired) electrons. The number of carbonyl (C=O) groups excluding carboxylic acids is 1. The number of fused-ring (bicyclic) bond motifs is 1. The van der Waals surface area contributed by atoms with Crippen LogP contribution in [0.3, 0.4) is 0 Å². The van der Waals surface area contributed by atoms with E-state index in [-0.39, 0.29) is 5.91 Å². The fraction of sp³-hybridized carbons (Fsp3) is 0.0667. The van der Waals surface area contributed by atoms with E-state index in [1.165, 1.54) is 0 Å². The summed E-state index contributed by atoms with van der Waals surface area (Å²) in [6.45, 7) is 0.483. The summed E-state index contributed by atoms with van der Waals surface area (Å²) in [5.41, 5.74) is 9.09. The van der Waals surface area contributed by atoms with Crippen LogP contribution < -0.4 is 10.6 Å². The van der Waals surface area contributed by atoms with E-state index in [0.717, 1.165) is 16.9 Å². The topological polar surface area (TPSA) is 59.2 Å². The number of para-hydroxylation sites is 1. The quantitative estimate of drug-likeness (QED) is 0.889. The normalized spacial score (nSPS) is 13.7. The maximum Gasteiger partial charge on any atom is 0.246 e. The van der Waals surface area contributed by atoms with Crippen LogP contribution >= 0.6 is 0 Å². The van der Waals surface area contributed by atoms with Gasteiger partial charge in [0.25, 0.3) is 0 Å². The predicted molar refractivity (Wildman–Crippen MR) is 74.9 cm³/mol. The Balaban J connectivity index is 2.12. The molecule has 0 fully saturated rings. The Kier molecular flexibility index (Phi) is 2.76. The molecule has 1 aliphatic heterocycles. The molecule has 4 nitrogen and oxygen atoms in total. The van der Waals surface area contributed by atoms with Crippen molar-refractivity contribution >= 4 is 23.4 Å². The Morgan fingerprint density at radius 1 is 1.16 bits per heavy atom. The van der Waals surface area contributed by atoms with Gasteiger partial charge in [0.05, 0.1) is 6.54 Å². The Bertz CT molecular complexity index is 649. The second-order valence-corrected chi connectivity index (χ2v) is 4.38. The molecule has 0 bridgehead atoms. The van der Waals surface area contributed by atoms with E-state index in [9.17, 15) is 4.79 Å². The summed E-state index contributed by atoms with van der Waals surface area (Å²) in [5.74, 6) is -0.381. The van der Waals surface area contributed by atoms with E-state index in [1.54, 1.807) is 12.4 Å². The summed E-state index contributed by atoms with van der Waals surface area (Å²) >= 11 is 0. The molecule has 19 heavy (non-hydrogen) atoms. The molecule has 0 aliphatic carbocycles. The van der Waals surface area contributed by atoms with Crippen molar-refractivity contribution in [3.63, 3.8) is 0 Å². The van der Waals surface area contributed by atoms with Gasteiger partial charge in [-0.2, -0.15) is 0 Å². The number of benzene rings is 1. The molecule has 2 N–H and O–H groups in total. The molecule has 0 atom stereocenters. The van der Waals surface area contributed by atoms with Gasteiger partial charge in [0, 0.05) is 29.3 Å². The average molecular weight is 251 g/mol. The number of aromatic nitrogens is 1. The van der Waals surface area contributed by atoms with E-state index >= 15 is 0 Å². The van der Waals surface area contributed by atoms with Crippen molar-refractivity contribution in [2.45, 2.75) is 0 Å². The zero-order chi connectivity index (χ0) is 13.2. The summed E-state index contributed by atoms with van der Waals surface area (Å²) in [5, 5.41) is 0. The standard InChI is InChI=1S/C15H13N3O/c16-15(19)12-9-11-3-1-2-4-14(11)18(10-12)13-5-7-17-8-6-13/h1-9H,10H2,(H2,16,19). The third-order valence-electron chi connectivity index (χ3n) is 3.18. The molecule has 0 saturated carbocycles. The number of carbonyl (C=O) groups is 1. The fourth-order valence-corrected chi connectivity index (χ4v) is 2.25. The first-order valence-electron chi connectivity index (χ1n) is 6.02. The minimum atomic E-state index is -0.381. The lowest BCUT2D eigenvalue weighted by Gasteiger charge is -2.30. The number of amides is 1. The smallest absolute Gasteiger partial charge is 0.246 e. The molecule has 1 aromatic carbocycles. The lowest BCUT2D eigenvalue weighted by atomic mass is 10.0. The fourth-order valence-electron chi connectivity index (χ4n) is 2.25. The van der Waals surface area contributed by atoms with Crippen molar-refractivity contribution in [3.05, 3.63) is 59.9 Å². The molecule has 0 spiro atoms. The number of hydrogen-bond acceptors (Lipinski definition) is 3. The van der Waals surface area contributed by atoms with Crippen LogP contribution in [-0.4, -0.2) is 17.4 Å². The van der Waals surface area contributed by atoms with Crippen LogP contribution in [0.5, 0.6) is 0 Å². The lowest BCUT2D eigenvalue weighted by molar-refractivity contribution is -0.114. The maximum atomic E-state index is 11.5. The largest absolute Gasteiger partial charge is 0.366 e. The van der Waals surface area contributed by atoms with Gasteiger partial charge >= 0.3 is 0 Å². The van der Waals surface area contributed by atoms with Gasteiger partial charge in [-0.15, -0.1) is 0 Å². The van der Waals surface area contributed by atoms with Crippen molar-refractivity contribution in [1.82, 2.24) is 4.98 Å². The van der Waals surface area contributed by atoms with Gasteiger partial charge in [0.2, 0.25) is 5.91 Å². The molecule has 0 saturated heterocycles. The third kappa shape index (κ3) is 2.08. The van der Waals surface area contributed by atoms with Crippen LogP contribution in [0, 0.1) is 0 Å². The van der Waals surface area contributed by atoms with Gasteiger partial charge in [0.1, 0.15) is 0 Å².